The van der Waals surface area contributed by atoms with E-state index in [1.807, 2.05) is 0 Å². The fraction of sp³-hybridized carbons (Fsp3) is 0.500. The van der Waals surface area contributed by atoms with Crippen LogP contribution in [0.25, 0.3) is 0 Å². The molecule has 0 aliphatic rings. The molecular formula is C14H26N2OS. The Hall–Kier alpha value is -0.810. The smallest absolute Gasteiger partial charge is 0.0553 e. The van der Waals surface area contributed by atoms with Gasteiger partial charge >= 0.3 is 0 Å². The SMILES string of the molecule is C=S.CCc1cccc(CN)c1CC.NCCO. The number of aliphatic hydroxyl groups excluding tert-OH is 1. The van der Waals surface area contributed by atoms with E-state index in [1.54, 1.807) is 0 Å². The first-order valence-corrected chi connectivity index (χ1v) is 6.72. The summed E-state index contributed by atoms with van der Waals surface area (Å²) in [7, 11) is 0. The molecule has 3 nitrogen and oxygen atoms in total. The molecule has 0 aromatic heterocycles. The van der Waals surface area contributed by atoms with Gasteiger partial charge in [-0.2, -0.15) is 0 Å². The lowest BCUT2D eigenvalue weighted by atomic mass is 9.97. The van der Waals surface area contributed by atoms with Gasteiger partial charge in [-0.25, -0.2) is 0 Å². The molecule has 1 aromatic rings. The number of hydrogen-bond acceptors (Lipinski definition) is 4. The molecule has 0 bridgehead atoms. The standard InChI is InChI=1S/C11H17N.C2H7NO.CH2S/c1-3-9-6-5-7-10(8-12)11(9)4-2;3-1-2-4;1-2/h5-7H,3-4,8,12H2,1-2H3;4H,1-3H2;1H2. The molecule has 0 radical (unpaired) electrons. The highest BCUT2D eigenvalue weighted by Crippen LogP contribution is 2.15. The highest BCUT2D eigenvalue weighted by molar-refractivity contribution is 7.77. The van der Waals surface area contributed by atoms with Crippen molar-refractivity contribution < 1.29 is 5.11 Å². The number of aryl methyl sites for hydroxylation is 1. The Morgan fingerprint density at radius 1 is 1.11 bits per heavy atom. The normalized spacial score (nSPS) is 8.72. The van der Waals surface area contributed by atoms with Gasteiger partial charge in [-0.3, -0.25) is 0 Å². The van der Waals surface area contributed by atoms with Gasteiger partial charge in [0.05, 0.1) is 6.61 Å². The molecular weight excluding hydrogens is 244 g/mol. The lowest BCUT2D eigenvalue weighted by Gasteiger charge is -2.10. The Labute approximate surface area is 116 Å². The lowest BCUT2D eigenvalue weighted by Crippen LogP contribution is -2.03. The number of benzene rings is 1. The summed E-state index contributed by atoms with van der Waals surface area (Å²) in [4.78, 5) is 0. The summed E-state index contributed by atoms with van der Waals surface area (Å²) in [6.45, 7) is 5.51. The van der Waals surface area contributed by atoms with Crippen LogP contribution in [0.15, 0.2) is 18.2 Å². The monoisotopic (exact) mass is 270 g/mol. The first-order chi connectivity index (χ1) is 8.74. The molecule has 0 unspecified atom stereocenters. The molecule has 0 amide bonds. The third-order valence-electron chi connectivity index (χ3n) is 2.45. The van der Waals surface area contributed by atoms with Gasteiger partial charge in [-0.1, -0.05) is 44.3 Å². The summed E-state index contributed by atoms with van der Waals surface area (Å²) in [6.07, 6.45) is 2.20. The molecule has 0 saturated heterocycles. The van der Waals surface area contributed by atoms with Gasteiger partial charge in [-0.05, 0) is 35.4 Å². The van der Waals surface area contributed by atoms with Crippen LogP contribution in [0.2, 0.25) is 0 Å². The number of rotatable bonds is 4. The molecule has 0 heterocycles. The fourth-order valence-corrected chi connectivity index (χ4v) is 1.66. The second-order valence-corrected chi connectivity index (χ2v) is 3.48. The van der Waals surface area contributed by atoms with E-state index in [0.29, 0.717) is 13.1 Å². The number of thiocarbonyl (C=S) groups is 1. The molecule has 0 aliphatic heterocycles. The predicted molar refractivity (Wildman–Crippen MR) is 83.9 cm³/mol. The van der Waals surface area contributed by atoms with Gasteiger partial charge < -0.3 is 16.6 Å². The van der Waals surface area contributed by atoms with Crippen molar-refractivity contribution in [2.45, 2.75) is 33.2 Å². The molecule has 4 heteroatoms. The Balaban J connectivity index is 0. The van der Waals surface area contributed by atoms with Crippen molar-refractivity contribution in [3.63, 3.8) is 0 Å². The third-order valence-corrected chi connectivity index (χ3v) is 2.45. The summed E-state index contributed by atoms with van der Waals surface area (Å²) in [6, 6.07) is 6.41. The van der Waals surface area contributed by atoms with Crippen LogP contribution in [0.5, 0.6) is 0 Å². The number of nitrogens with two attached hydrogens (primary N) is 2. The zero-order chi connectivity index (χ0) is 14.4. The summed E-state index contributed by atoms with van der Waals surface area (Å²) >= 11 is 3.83. The van der Waals surface area contributed by atoms with Crippen LogP contribution < -0.4 is 11.5 Å². The number of hydrogen-bond donors (Lipinski definition) is 3. The Morgan fingerprint density at radius 2 is 1.61 bits per heavy atom. The van der Waals surface area contributed by atoms with E-state index in [2.05, 4.69) is 50.1 Å². The summed E-state index contributed by atoms with van der Waals surface area (Å²) in [5.41, 5.74) is 14.6. The van der Waals surface area contributed by atoms with Crippen molar-refractivity contribution >= 4 is 18.1 Å². The largest absolute Gasteiger partial charge is 0.395 e. The number of aliphatic hydroxyl groups is 1. The minimum atomic E-state index is 0.0972. The van der Waals surface area contributed by atoms with Crippen molar-refractivity contribution in [2.24, 2.45) is 11.5 Å². The minimum absolute atomic E-state index is 0.0972. The summed E-state index contributed by atoms with van der Waals surface area (Å²) < 4.78 is 0. The molecule has 0 aliphatic carbocycles. The van der Waals surface area contributed by atoms with Crippen LogP contribution in [0.1, 0.15) is 30.5 Å². The average molecular weight is 270 g/mol. The van der Waals surface area contributed by atoms with Crippen molar-refractivity contribution in [2.75, 3.05) is 13.2 Å². The minimum Gasteiger partial charge on any atom is -0.395 e. The molecule has 18 heavy (non-hydrogen) atoms. The molecule has 104 valence electrons. The van der Waals surface area contributed by atoms with Crippen LogP contribution in [-0.4, -0.2) is 24.1 Å². The Kier molecular flexibility index (Phi) is 15.5. The van der Waals surface area contributed by atoms with Gasteiger partial charge in [0.2, 0.25) is 0 Å². The van der Waals surface area contributed by atoms with Gasteiger partial charge in [0.1, 0.15) is 0 Å². The lowest BCUT2D eigenvalue weighted by molar-refractivity contribution is 0.306. The van der Waals surface area contributed by atoms with Crippen molar-refractivity contribution in [3.8, 4) is 0 Å². The fourth-order valence-electron chi connectivity index (χ4n) is 1.66. The van der Waals surface area contributed by atoms with Crippen molar-refractivity contribution in [3.05, 3.63) is 34.9 Å². The van der Waals surface area contributed by atoms with Crippen LogP contribution in [0.3, 0.4) is 0 Å². The van der Waals surface area contributed by atoms with Crippen LogP contribution in [0, 0.1) is 0 Å². The topological polar surface area (TPSA) is 72.3 Å². The molecule has 5 N–H and O–H groups in total. The molecule has 0 saturated carbocycles. The zero-order valence-electron chi connectivity index (χ0n) is 11.5. The quantitative estimate of drug-likeness (QED) is 0.730. The zero-order valence-corrected chi connectivity index (χ0v) is 12.3. The first kappa shape index (κ1) is 19.5. The van der Waals surface area contributed by atoms with Crippen molar-refractivity contribution in [1.29, 1.82) is 0 Å². The van der Waals surface area contributed by atoms with E-state index in [-0.39, 0.29) is 6.61 Å². The third kappa shape index (κ3) is 7.50. The second-order valence-electron chi connectivity index (χ2n) is 3.48. The summed E-state index contributed by atoms with van der Waals surface area (Å²) in [5.74, 6) is 2.83. The van der Waals surface area contributed by atoms with Gasteiger partial charge in [0.25, 0.3) is 0 Å². The molecule has 0 fully saturated rings. The van der Waals surface area contributed by atoms with E-state index in [0.717, 1.165) is 12.8 Å². The molecule has 0 atom stereocenters. The van der Waals surface area contributed by atoms with E-state index >= 15 is 0 Å². The Morgan fingerprint density at radius 3 is 1.94 bits per heavy atom. The van der Waals surface area contributed by atoms with E-state index in [1.165, 1.54) is 16.7 Å². The maximum atomic E-state index is 7.75. The average Bonchev–Trinajstić information content (AvgIpc) is 2.48. The highest BCUT2D eigenvalue weighted by Gasteiger charge is 2.02. The van der Waals surface area contributed by atoms with Crippen LogP contribution >= 0.6 is 12.2 Å². The predicted octanol–water partition coefficient (Wildman–Crippen LogP) is 1.82. The van der Waals surface area contributed by atoms with E-state index in [9.17, 15) is 0 Å². The molecule has 1 aromatic carbocycles. The van der Waals surface area contributed by atoms with Gasteiger partial charge in [0.15, 0.2) is 0 Å². The maximum absolute atomic E-state index is 7.75. The van der Waals surface area contributed by atoms with Gasteiger partial charge in [0, 0.05) is 13.1 Å². The molecule has 0 spiro atoms. The Bertz CT molecular complexity index is 282. The highest BCUT2D eigenvalue weighted by atomic mass is 32.1. The molecule has 1 rings (SSSR count). The maximum Gasteiger partial charge on any atom is 0.0553 e. The summed E-state index contributed by atoms with van der Waals surface area (Å²) in [5, 5.41) is 7.75. The van der Waals surface area contributed by atoms with E-state index in [4.69, 9.17) is 16.6 Å². The second kappa shape index (κ2) is 14.3. The van der Waals surface area contributed by atoms with Gasteiger partial charge in [-0.15, -0.1) is 0 Å². The van der Waals surface area contributed by atoms with E-state index < -0.39 is 0 Å². The van der Waals surface area contributed by atoms with Crippen LogP contribution in [-0.2, 0) is 19.4 Å². The van der Waals surface area contributed by atoms with Crippen molar-refractivity contribution in [1.82, 2.24) is 0 Å². The van der Waals surface area contributed by atoms with Crippen LogP contribution in [0.4, 0.5) is 0 Å². The first-order valence-electron chi connectivity index (χ1n) is 6.14.